The smallest absolute Gasteiger partial charge is 0.416 e. The van der Waals surface area contributed by atoms with Crippen molar-refractivity contribution in [2.24, 2.45) is 5.92 Å². The Bertz CT molecular complexity index is 1290. The summed E-state index contributed by atoms with van der Waals surface area (Å²) in [7, 11) is 1.50. The molecular weight excluding hydrogens is 529 g/mol. The molecule has 4 rings (SSSR count). The first kappa shape index (κ1) is 28.1. The molecule has 0 radical (unpaired) electrons. The van der Waals surface area contributed by atoms with E-state index in [-0.39, 0.29) is 26.6 Å². The van der Waals surface area contributed by atoms with Crippen molar-refractivity contribution >= 4 is 13.9 Å². The highest BCUT2D eigenvalue weighted by molar-refractivity contribution is 7.49. The molecule has 1 heterocycles. The van der Waals surface area contributed by atoms with Gasteiger partial charge in [-0.1, -0.05) is 38.1 Å². The van der Waals surface area contributed by atoms with Gasteiger partial charge in [-0.15, -0.1) is 0 Å². The number of benzene rings is 3. The van der Waals surface area contributed by atoms with Crippen molar-refractivity contribution < 1.29 is 40.6 Å². The van der Waals surface area contributed by atoms with Gasteiger partial charge in [0.1, 0.15) is 23.1 Å². The predicted octanol–water partition coefficient (Wildman–Crippen LogP) is 8.09. The van der Waals surface area contributed by atoms with Crippen molar-refractivity contribution in [3.8, 4) is 28.4 Å². The third-order valence-corrected chi connectivity index (χ3v) is 7.63. The van der Waals surface area contributed by atoms with Crippen molar-refractivity contribution in [1.29, 1.82) is 0 Å². The minimum absolute atomic E-state index is 0.0436. The van der Waals surface area contributed by atoms with E-state index in [9.17, 15) is 26.3 Å². The zero-order valence-electron chi connectivity index (χ0n) is 21.0. The first-order valence-electron chi connectivity index (χ1n) is 12.0. The molecule has 0 saturated heterocycles. The first-order chi connectivity index (χ1) is 17.9. The maximum atomic E-state index is 13.7. The van der Waals surface area contributed by atoms with Crippen molar-refractivity contribution in [2.75, 3.05) is 13.7 Å². The standard InChI is InChI=1S/C28H27F6O3P/c1-16(2)12-13-36-22-8-5-7-21(35-3)25(22)19-6-4-9-23-26(19)38-24(37-23)14-17-10-11-18(27(29,30)31)15-20(17)28(32,33)34/h4-11,15-16,24,38H,12-14H2,1-3H3/t24-/m1/s1. The van der Waals surface area contributed by atoms with Crippen LogP contribution in [0, 0.1) is 5.92 Å². The van der Waals surface area contributed by atoms with Gasteiger partial charge in [0.15, 0.2) is 0 Å². The molecule has 0 spiro atoms. The number of halogens is 6. The van der Waals surface area contributed by atoms with Crippen LogP contribution in [0.25, 0.3) is 11.1 Å². The molecule has 2 atom stereocenters. The van der Waals surface area contributed by atoms with Crippen LogP contribution in [-0.4, -0.2) is 19.6 Å². The van der Waals surface area contributed by atoms with E-state index in [0.29, 0.717) is 35.8 Å². The molecule has 10 heteroatoms. The Morgan fingerprint density at radius 3 is 2.29 bits per heavy atom. The van der Waals surface area contributed by atoms with Crippen LogP contribution in [0.4, 0.5) is 26.3 Å². The lowest BCUT2D eigenvalue weighted by molar-refractivity contribution is -0.143. The molecule has 0 bridgehead atoms. The van der Waals surface area contributed by atoms with E-state index < -0.39 is 29.3 Å². The largest absolute Gasteiger partial charge is 0.496 e. The molecule has 0 N–H and O–H groups in total. The summed E-state index contributed by atoms with van der Waals surface area (Å²) in [5, 5.41) is 0.802. The van der Waals surface area contributed by atoms with Gasteiger partial charge in [-0.2, -0.15) is 26.3 Å². The van der Waals surface area contributed by atoms with Crippen LogP contribution in [-0.2, 0) is 18.8 Å². The van der Waals surface area contributed by atoms with Crippen LogP contribution in [0.3, 0.4) is 0 Å². The second-order valence-electron chi connectivity index (χ2n) is 9.37. The number of alkyl halides is 6. The molecule has 0 amide bonds. The van der Waals surface area contributed by atoms with Crippen LogP contribution in [0.1, 0.15) is 37.0 Å². The molecule has 3 aromatic rings. The molecule has 38 heavy (non-hydrogen) atoms. The molecule has 0 saturated carbocycles. The second-order valence-corrected chi connectivity index (χ2v) is 10.8. The zero-order valence-corrected chi connectivity index (χ0v) is 22.0. The van der Waals surface area contributed by atoms with Crippen molar-refractivity contribution in [1.82, 2.24) is 0 Å². The minimum Gasteiger partial charge on any atom is -0.496 e. The fraction of sp³-hybridized carbons (Fsp3) is 0.357. The van der Waals surface area contributed by atoms with Crippen molar-refractivity contribution in [2.45, 2.75) is 44.9 Å². The number of ether oxygens (including phenoxy) is 3. The SMILES string of the molecule is COc1cccc(OCCC(C)C)c1-c1cccc2c1P[C@H](Cc1ccc(C(F)(F)F)cc1C(F)(F)F)O2. The third-order valence-electron chi connectivity index (χ3n) is 6.18. The zero-order chi connectivity index (χ0) is 27.7. The molecule has 204 valence electrons. The Labute approximate surface area is 218 Å². The fourth-order valence-corrected chi connectivity index (χ4v) is 5.77. The number of methoxy groups -OCH3 is 1. The number of fused-ring (bicyclic) bond motifs is 1. The van der Waals surface area contributed by atoms with Crippen molar-refractivity contribution in [3.63, 3.8) is 0 Å². The van der Waals surface area contributed by atoms with E-state index >= 15 is 0 Å². The van der Waals surface area contributed by atoms with Crippen LogP contribution in [0.5, 0.6) is 17.2 Å². The summed E-state index contributed by atoms with van der Waals surface area (Å²) in [5.41, 5.74) is -1.38. The molecule has 0 aromatic heterocycles. The van der Waals surface area contributed by atoms with Gasteiger partial charge in [0.05, 0.1) is 30.4 Å². The van der Waals surface area contributed by atoms with Gasteiger partial charge in [0.2, 0.25) is 0 Å². The summed E-state index contributed by atoms with van der Waals surface area (Å²) < 4.78 is 98.0. The Morgan fingerprint density at radius 1 is 0.921 bits per heavy atom. The van der Waals surface area contributed by atoms with Gasteiger partial charge in [-0.05, 0) is 56.8 Å². The number of rotatable bonds is 8. The van der Waals surface area contributed by atoms with Crippen LogP contribution in [0.2, 0.25) is 0 Å². The molecule has 0 fully saturated rings. The summed E-state index contributed by atoms with van der Waals surface area (Å²) in [6.07, 6.45) is -9.15. The van der Waals surface area contributed by atoms with Crippen molar-refractivity contribution in [3.05, 3.63) is 71.3 Å². The summed E-state index contributed by atoms with van der Waals surface area (Å²) in [4.78, 5) is 0. The highest BCUT2D eigenvalue weighted by Gasteiger charge is 2.39. The van der Waals surface area contributed by atoms with E-state index in [1.165, 1.54) is 0 Å². The number of hydrogen-bond acceptors (Lipinski definition) is 3. The number of hydrogen-bond donors (Lipinski definition) is 0. The van der Waals surface area contributed by atoms with Gasteiger partial charge < -0.3 is 14.2 Å². The highest BCUT2D eigenvalue weighted by Crippen LogP contribution is 2.46. The molecule has 1 aliphatic rings. The molecular formula is C28H27F6O3P. The van der Waals surface area contributed by atoms with E-state index in [0.717, 1.165) is 28.9 Å². The van der Waals surface area contributed by atoms with Gasteiger partial charge in [-0.3, -0.25) is 0 Å². The van der Waals surface area contributed by atoms with E-state index in [4.69, 9.17) is 14.2 Å². The van der Waals surface area contributed by atoms with E-state index in [2.05, 4.69) is 13.8 Å². The lowest BCUT2D eigenvalue weighted by Crippen LogP contribution is -2.17. The van der Waals surface area contributed by atoms with Gasteiger partial charge in [0, 0.05) is 17.3 Å². The van der Waals surface area contributed by atoms with Crippen LogP contribution >= 0.6 is 8.58 Å². The topological polar surface area (TPSA) is 27.7 Å². The lowest BCUT2D eigenvalue weighted by Gasteiger charge is -2.18. The van der Waals surface area contributed by atoms with Gasteiger partial charge in [0.25, 0.3) is 0 Å². The second kappa shape index (κ2) is 11.0. The summed E-state index contributed by atoms with van der Waals surface area (Å²) in [6, 6.07) is 12.6. The summed E-state index contributed by atoms with van der Waals surface area (Å²) in [6.45, 7) is 4.70. The molecule has 0 aliphatic carbocycles. The minimum atomic E-state index is -4.93. The van der Waals surface area contributed by atoms with Gasteiger partial charge >= 0.3 is 12.4 Å². The Morgan fingerprint density at radius 2 is 1.63 bits per heavy atom. The summed E-state index contributed by atoms with van der Waals surface area (Å²) in [5.74, 6) is 1.51. The first-order valence-corrected chi connectivity index (χ1v) is 13.1. The Hall–Kier alpha value is -2.93. The quantitative estimate of drug-likeness (QED) is 0.207. The average Bonchev–Trinajstić information content (AvgIpc) is 3.25. The van der Waals surface area contributed by atoms with E-state index in [1.54, 1.807) is 25.3 Å². The monoisotopic (exact) mass is 556 g/mol. The summed E-state index contributed by atoms with van der Waals surface area (Å²) >= 11 is 0. The molecule has 1 aliphatic heterocycles. The third kappa shape index (κ3) is 6.20. The normalized spacial score (nSPS) is 16.0. The molecule has 1 unspecified atom stereocenters. The highest BCUT2D eigenvalue weighted by atomic mass is 31.1. The Balaban J connectivity index is 1.66. The predicted molar refractivity (Wildman–Crippen MR) is 136 cm³/mol. The van der Waals surface area contributed by atoms with Gasteiger partial charge in [-0.25, -0.2) is 0 Å². The maximum absolute atomic E-state index is 13.7. The molecule has 3 aromatic carbocycles. The fourth-order valence-electron chi connectivity index (χ4n) is 4.29. The average molecular weight is 556 g/mol. The Kier molecular flexibility index (Phi) is 8.17. The maximum Gasteiger partial charge on any atom is 0.416 e. The van der Waals surface area contributed by atoms with E-state index in [1.807, 2.05) is 18.2 Å². The lowest BCUT2D eigenvalue weighted by atomic mass is 10.0. The molecule has 3 nitrogen and oxygen atoms in total. The van der Waals surface area contributed by atoms with Crippen LogP contribution in [0.15, 0.2) is 54.6 Å². The van der Waals surface area contributed by atoms with Crippen LogP contribution < -0.4 is 19.5 Å².